The second-order valence-corrected chi connectivity index (χ2v) is 3.41. The van der Waals surface area contributed by atoms with Crippen LogP contribution in [0.1, 0.15) is 17.5 Å². The van der Waals surface area contributed by atoms with Crippen molar-refractivity contribution in [2.45, 2.75) is 6.42 Å². The minimum absolute atomic E-state index is 0.0133. The Bertz CT molecular complexity index is 452. The monoisotopic (exact) mass is 198 g/mol. The Labute approximate surface area is 88.0 Å². The Balaban J connectivity index is 2.24. The van der Waals surface area contributed by atoms with Crippen LogP contribution in [0.25, 0.3) is 6.08 Å². The smallest absolute Gasteiger partial charge is 0.247 e. The van der Waals surface area contributed by atoms with Gasteiger partial charge >= 0.3 is 0 Å². The first-order valence-electron chi connectivity index (χ1n) is 4.78. The van der Waals surface area contributed by atoms with E-state index in [2.05, 4.69) is 11.4 Å². The van der Waals surface area contributed by atoms with Crippen molar-refractivity contribution in [2.24, 2.45) is 0 Å². The van der Waals surface area contributed by atoms with E-state index in [1.165, 1.54) is 0 Å². The second kappa shape index (κ2) is 3.97. The molecule has 1 heterocycles. The van der Waals surface area contributed by atoms with E-state index in [1.54, 1.807) is 12.1 Å². The van der Waals surface area contributed by atoms with Gasteiger partial charge in [0, 0.05) is 12.1 Å². The summed E-state index contributed by atoms with van der Waals surface area (Å²) in [4.78, 5) is 11.3. The van der Waals surface area contributed by atoms with Crippen molar-refractivity contribution >= 4 is 12.0 Å². The van der Waals surface area contributed by atoms with Crippen LogP contribution in [0, 0.1) is 11.3 Å². The molecule has 3 heteroatoms. The summed E-state index contributed by atoms with van der Waals surface area (Å²) in [6.07, 6.45) is 2.64. The molecule has 0 radical (unpaired) electrons. The summed E-state index contributed by atoms with van der Waals surface area (Å²) in [7, 11) is 0. The summed E-state index contributed by atoms with van der Waals surface area (Å²) in [5.74, 6) is 0.0133. The Morgan fingerprint density at radius 3 is 2.60 bits per heavy atom. The highest BCUT2D eigenvalue weighted by atomic mass is 16.1. The first-order valence-corrected chi connectivity index (χ1v) is 4.78. The zero-order valence-corrected chi connectivity index (χ0v) is 8.16. The molecule has 1 aromatic rings. The molecule has 1 aliphatic heterocycles. The number of hydrogen-bond acceptors (Lipinski definition) is 2. The van der Waals surface area contributed by atoms with Crippen molar-refractivity contribution in [2.75, 3.05) is 6.54 Å². The third-order valence-corrected chi connectivity index (χ3v) is 2.35. The van der Waals surface area contributed by atoms with Gasteiger partial charge in [-0.05, 0) is 30.2 Å². The predicted octanol–water partition coefficient (Wildman–Crippen LogP) is 1.46. The molecule has 0 spiro atoms. The summed E-state index contributed by atoms with van der Waals surface area (Å²) >= 11 is 0. The fraction of sp³-hybridized carbons (Fsp3) is 0.167. The van der Waals surface area contributed by atoms with Gasteiger partial charge in [0.15, 0.2) is 0 Å². The van der Waals surface area contributed by atoms with E-state index in [1.807, 2.05) is 18.2 Å². The zero-order chi connectivity index (χ0) is 10.7. The van der Waals surface area contributed by atoms with E-state index in [0.29, 0.717) is 5.56 Å². The highest BCUT2D eigenvalue weighted by Gasteiger charge is 2.15. The largest absolute Gasteiger partial charge is 0.352 e. The molecular weight excluding hydrogens is 188 g/mol. The maximum atomic E-state index is 11.3. The number of hydrogen-bond donors (Lipinski definition) is 1. The maximum absolute atomic E-state index is 11.3. The molecule has 74 valence electrons. The lowest BCUT2D eigenvalue weighted by atomic mass is 10.1. The van der Waals surface area contributed by atoms with E-state index in [4.69, 9.17) is 5.26 Å². The maximum Gasteiger partial charge on any atom is 0.247 e. The first-order chi connectivity index (χ1) is 7.29. The minimum Gasteiger partial charge on any atom is -0.352 e. The van der Waals surface area contributed by atoms with Crippen molar-refractivity contribution in [3.8, 4) is 6.07 Å². The number of rotatable bonds is 1. The van der Waals surface area contributed by atoms with Crippen LogP contribution in [0.3, 0.4) is 0 Å². The van der Waals surface area contributed by atoms with Crippen molar-refractivity contribution in [1.29, 1.82) is 5.26 Å². The highest BCUT2D eigenvalue weighted by molar-refractivity contribution is 5.99. The summed E-state index contributed by atoms with van der Waals surface area (Å²) in [6, 6.07) is 9.24. The van der Waals surface area contributed by atoms with E-state index < -0.39 is 0 Å². The Hall–Kier alpha value is -2.08. The SMILES string of the molecule is N#Cc1ccc(/C=C2/CCNC2=O)cc1. The van der Waals surface area contributed by atoms with E-state index in [-0.39, 0.29) is 5.91 Å². The van der Waals surface area contributed by atoms with Gasteiger partial charge in [0.05, 0.1) is 11.6 Å². The summed E-state index contributed by atoms with van der Waals surface area (Å²) in [6.45, 7) is 0.723. The van der Waals surface area contributed by atoms with Gasteiger partial charge in [-0.25, -0.2) is 0 Å². The molecule has 1 fully saturated rings. The van der Waals surface area contributed by atoms with Gasteiger partial charge < -0.3 is 5.32 Å². The fourth-order valence-corrected chi connectivity index (χ4v) is 1.53. The van der Waals surface area contributed by atoms with E-state index in [0.717, 1.165) is 24.1 Å². The van der Waals surface area contributed by atoms with Crippen LogP contribution in [0.5, 0.6) is 0 Å². The molecule has 1 aliphatic rings. The number of nitriles is 1. The van der Waals surface area contributed by atoms with Gasteiger partial charge in [-0.3, -0.25) is 4.79 Å². The van der Waals surface area contributed by atoms with Gasteiger partial charge in [-0.15, -0.1) is 0 Å². The second-order valence-electron chi connectivity index (χ2n) is 3.41. The van der Waals surface area contributed by atoms with Gasteiger partial charge in [0.1, 0.15) is 0 Å². The highest BCUT2D eigenvalue weighted by Crippen LogP contribution is 2.14. The molecule has 0 aromatic heterocycles. The molecule has 0 aliphatic carbocycles. The number of carbonyl (C=O) groups excluding carboxylic acids is 1. The topological polar surface area (TPSA) is 52.9 Å². The van der Waals surface area contributed by atoms with Crippen LogP contribution in [-0.2, 0) is 4.79 Å². The molecule has 1 saturated heterocycles. The van der Waals surface area contributed by atoms with Crippen LogP contribution in [-0.4, -0.2) is 12.5 Å². The standard InChI is InChI=1S/C12H10N2O/c13-8-10-3-1-9(2-4-10)7-11-5-6-14-12(11)15/h1-4,7H,5-6H2,(H,14,15)/b11-7-. The number of amides is 1. The van der Waals surface area contributed by atoms with Gasteiger partial charge in [-0.2, -0.15) is 5.26 Å². The number of nitrogens with one attached hydrogen (secondary N) is 1. The normalized spacial score (nSPS) is 17.5. The third-order valence-electron chi connectivity index (χ3n) is 2.35. The molecule has 3 nitrogen and oxygen atoms in total. The molecule has 1 N–H and O–H groups in total. The average molecular weight is 198 g/mol. The lowest BCUT2D eigenvalue weighted by molar-refractivity contribution is -0.116. The summed E-state index contributed by atoms with van der Waals surface area (Å²) < 4.78 is 0. The van der Waals surface area contributed by atoms with Crippen LogP contribution in [0.2, 0.25) is 0 Å². The number of nitrogens with zero attached hydrogens (tertiary/aromatic N) is 1. The predicted molar refractivity (Wildman–Crippen MR) is 56.8 cm³/mol. The molecule has 15 heavy (non-hydrogen) atoms. The fourth-order valence-electron chi connectivity index (χ4n) is 1.53. The molecule has 0 unspecified atom stereocenters. The van der Waals surface area contributed by atoms with Gasteiger partial charge in [0.25, 0.3) is 0 Å². The van der Waals surface area contributed by atoms with Crippen LogP contribution < -0.4 is 5.32 Å². The van der Waals surface area contributed by atoms with Gasteiger partial charge in [0.2, 0.25) is 5.91 Å². The molecule has 0 bridgehead atoms. The van der Waals surface area contributed by atoms with E-state index >= 15 is 0 Å². The third kappa shape index (κ3) is 2.05. The number of carbonyl (C=O) groups is 1. The number of benzene rings is 1. The zero-order valence-electron chi connectivity index (χ0n) is 8.16. The molecule has 1 amide bonds. The van der Waals surface area contributed by atoms with Crippen LogP contribution in [0.4, 0.5) is 0 Å². The van der Waals surface area contributed by atoms with Gasteiger partial charge in [-0.1, -0.05) is 12.1 Å². The quantitative estimate of drug-likeness (QED) is 0.694. The Morgan fingerprint density at radius 1 is 1.33 bits per heavy atom. The molecule has 2 rings (SSSR count). The molecule has 0 saturated carbocycles. The van der Waals surface area contributed by atoms with Crippen molar-refractivity contribution < 1.29 is 4.79 Å². The summed E-state index contributed by atoms with van der Waals surface area (Å²) in [5, 5.41) is 11.4. The minimum atomic E-state index is 0.0133. The van der Waals surface area contributed by atoms with Crippen LogP contribution in [0.15, 0.2) is 29.8 Å². The molecule has 1 aromatic carbocycles. The van der Waals surface area contributed by atoms with Crippen LogP contribution >= 0.6 is 0 Å². The van der Waals surface area contributed by atoms with Crippen molar-refractivity contribution in [1.82, 2.24) is 5.32 Å². The van der Waals surface area contributed by atoms with Crippen molar-refractivity contribution in [3.05, 3.63) is 41.0 Å². The first kappa shape index (κ1) is 9.47. The van der Waals surface area contributed by atoms with E-state index in [9.17, 15) is 4.79 Å². The van der Waals surface area contributed by atoms with Crippen molar-refractivity contribution in [3.63, 3.8) is 0 Å². The molecular formula is C12H10N2O. The summed E-state index contributed by atoms with van der Waals surface area (Å²) in [5.41, 5.74) is 2.40. The Kier molecular flexibility index (Phi) is 2.51. The lowest BCUT2D eigenvalue weighted by Crippen LogP contribution is -2.13. The Morgan fingerprint density at radius 2 is 2.07 bits per heavy atom. The average Bonchev–Trinajstić information content (AvgIpc) is 2.66. The molecule has 0 atom stereocenters. The lowest BCUT2D eigenvalue weighted by Gasteiger charge is -1.95.